The monoisotopic (exact) mass is 399 g/mol. The Hall–Kier alpha value is -2.97. The number of phenols is 1. The molecule has 0 bridgehead atoms. The van der Waals surface area contributed by atoms with E-state index in [4.69, 9.17) is 0 Å². The van der Waals surface area contributed by atoms with Crippen molar-refractivity contribution in [1.29, 1.82) is 0 Å². The van der Waals surface area contributed by atoms with E-state index in [1.165, 1.54) is 36.4 Å². The largest absolute Gasteiger partial charge is 0.508 e. The standard InChI is InChI=1S/C21H26FN5O2/c1-21(2,3)25-20(24-19(29)14-6-10-16(28)11-7-14)23-18-12-17(26-27-18)13-4-8-15(22)9-5-13/h4-11,17-18,26-28H,12H2,1-3H3,(H2,23,24,25,29). The number of hydrogen-bond acceptors (Lipinski definition) is 4. The fourth-order valence-electron chi connectivity index (χ4n) is 2.95. The van der Waals surface area contributed by atoms with Gasteiger partial charge < -0.3 is 15.7 Å². The molecule has 0 aromatic heterocycles. The van der Waals surface area contributed by atoms with Crippen LogP contribution in [0.25, 0.3) is 0 Å². The Morgan fingerprint density at radius 2 is 1.76 bits per heavy atom. The third-order valence-electron chi connectivity index (χ3n) is 4.31. The van der Waals surface area contributed by atoms with E-state index in [0.717, 1.165) is 5.56 Å². The first kappa shape index (κ1) is 20.8. The highest BCUT2D eigenvalue weighted by atomic mass is 19.1. The number of aliphatic imine (C=N–C) groups is 1. The minimum absolute atomic E-state index is 0.00298. The number of benzene rings is 2. The summed E-state index contributed by atoms with van der Waals surface area (Å²) in [7, 11) is 0. The van der Waals surface area contributed by atoms with Gasteiger partial charge in [0.15, 0.2) is 0 Å². The van der Waals surface area contributed by atoms with Gasteiger partial charge in [-0.2, -0.15) is 4.99 Å². The molecule has 3 rings (SSSR count). The fourth-order valence-corrected chi connectivity index (χ4v) is 2.95. The SMILES string of the molecule is CC(C)(C)N/C(=N/C(=O)c1ccc(O)cc1)NC1CC(c2ccc(F)cc2)NN1. The maximum Gasteiger partial charge on any atom is 0.280 e. The van der Waals surface area contributed by atoms with E-state index < -0.39 is 5.91 Å². The van der Waals surface area contributed by atoms with Gasteiger partial charge in [0.1, 0.15) is 11.6 Å². The van der Waals surface area contributed by atoms with Crippen molar-refractivity contribution in [2.24, 2.45) is 4.99 Å². The lowest BCUT2D eigenvalue weighted by Crippen LogP contribution is -2.54. The molecule has 0 aliphatic carbocycles. The molecule has 2 unspecified atom stereocenters. The Balaban J connectivity index is 1.71. The second kappa shape index (κ2) is 8.59. The number of aromatic hydroxyl groups is 1. The van der Waals surface area contributed by atoms with E-state index in [9.17, 15) is 14.3 Å². The summed E-state index contributed by atoms with van der Waals surface area (Å²) < 4.78 is 13.1. The molecule has 0 saturated carbocycles. The topological polar surface area (TPSA) is 97.8 Å². The Morgan fingerprint density at radius 1 is 1.10 bits per heavy atom. The number of guanidine groups is 1. The minimum Gasteiger partial charge on any atom is -0.508 e. The predicted octanol–water partition coefficient (Wildman–Crippen LogP) is 2.57. The van der Waals surface area contributed by atoms with Crippen molar-refractivity contribution in [2.75, 3.05) is 0 Å². The molecule has 1 aliphatic heterocycles. The number of amides is 1. The van der Waals surface area contributed by atoms with Gasteiger partial charge in [0.25, 0.3) is 5.91 Å². The van der Waals surface area contributed by atoms with Crippen molar-refractivity contribution in [2.45, 2.75) is 44.9 Å². The number of carbonyl (C=O) groups excluding carboxylic acids is 1. The van der Waals surface area contributed by atoms with Crippen LogP contribution in [0.3, 0.4) is 0 Å². The third kappa shape index (κ3) is 6.00. The molecule has 7 nitrogen and oxygen atoms in total. The first-order chi connectivity index (χ1) is 13.7. The van der Waals surface area contributed by atoms with Gasteiger partial charge in [0, 0.05) is 23.6 Å². The molecular weight excluding hydrogens is 373 g/mol. The van der Waals surface area contributed by atoms with Crippen molar-refractivity contribution in [3.05, 3.63) is 65.5 Å². The highest BCUT2D eigenvalue weighted by Crippen LogP contribution is 2.21. The Morgan fingerprint density at radius 3 is 2.38 bits per heavy atom. The highest BCUT2D eigenvalue weighted by Gasteiger charge is 2.27. The van der Waals surface area contributed by atoms with Crippen LogP contribution in [0.15, 0.2) is 53.5 Å². The van der Waals surface area contributed by atoms with E-state index in [-0.39, 0.29) is 29.3 Å². The van der Waals surface area contributed by atoms with E-state index >= 15 is 0 Å². The number of nitrogens with one attached hydrogen (secondary N) is 4. The van der Waals surface area contributed by atoms with E-state index in [2.05, 4.69) is 26.5 Å². The van der Waals surface area contributed by atoms with E-state index in [1.807, 2.05) is 20.8 Å². The first-order valence-corrected chi connectivity index (χ1v) is 9.43. The quantitative estimate of drug-likeness (QED) is 0.402. The number of carbonyl (C=O) groups is 1. The zero-order valence-electron chi connectivity index (χ0n) is 16.7. The van der Waals surface area contributed by atoms with Crippen LogP contribution in [0, 0.1) is 5.82 Å². The van der Waals surface area contributed by atoms with Crippen molar-refractivity contribution in [1.82, 2.24) is 21.5 Å². The molecule has 8 heteroatoms. The number of nitrogens with zero attached hydrogens (tertiary/aromatic N) is 1. The summed E-state index contributed by atoms with van der Waals surface area (Å²) in [5.41, 5.74) is 7.33. The zero-order valence-corrected chi connectivity index (χ0v) is 16.7. The van der Waals surface area contributed by atoms with Crippen LogP contribution in [0.4, 0.5) is 4.39 Å². The van der Waals surface area contributed by atoms with Gasteiger partial charge >= 0.3 is 0 Å². The van der Waals surface area contributed by atoms with Crippen LogP contribution < -0.4 is 21.5 Å². The Bertz CT molecular complexity index is 875. The molecular formula is C21H26FN5O2. The van der Waals surface area contributed by atoms with E-state index in [0.29, 0.717) is 17.9 Å². The summed E-state index contributed by atoms with van der Waals surface area (Å²) in [6, 6.07) is 12.3. The molecule has 2 aromatic rings. The molecule has 1 saturated heterocycles. The summed E-state index contributed by atoms with van der Waals surface area (Å²) in [6.45, 7) is 5.91. The molecule has 2 atom stereocenters. The number of hydrogen-bond donors (Lipinski definition) is 5. The van der Waals surface area contributed by atoms with Crippen LogP contribution in [0.5, 0.6) is 5.75 Å². The van der Waals surface area contributed by atoms with Crippen molar-refractivity contribution < 1.29 is 14.3 Å². The van der Waals surface area contributed by atoms with Crippen LogP contribution >= 0.6 is 0 Å². The zero-order chi connectivity index (χ0) is 21.0. The van der Waals surface area contributed by atoms with Crippen molar-refractivity contribution >= 4 is 11.9 Å². The summed E-state index contributed by atoms with van der Waals surface area (Å²) in [4.78, 5) is 16.7. The number of phenolic OH excluding ortho intramolecular Hbond substituents is 1. The van der Waals surface area contributed by atoms with Gasteiger partial charge in [-0.25, -0.2) is 15.2 Å². The van der Waals surface area contributed by atoms with Crippen LogP contribution in [0.1, 0.15) is 49.2 Å². The van der Waals surface area contributed by atoms with E-state index in [1.54, 1.807) is 12.1 Å². The molecule has 1 amide bonds. The molecule has 1 heterocycles. The molecule has 0 spiro atoms. The molecule has 2 aromatic carbocycles. The third-order valence-corrected chi connectivity index (χ3v) is 4.31. The van der Waals surface area contributed by atoms with Crippen molar-refractivity contribution in [3.63, 3.8) is 0 Å². The second-order valence-corrected chi connectivity index (χ2v) is 8.01. The summed E-state index contributed by atoms with van der Waals surface area (Å²) in [5.74, 6) is -0.268. The van der Waals surface area contributed by atoms with Gasteiger partial charge in [0.05, 0.1) is 6.17 Å². The lowest BCUT2D eigenvalue weighted by atomic mass is 10.0. The molecule has 1 fully saturated rings. The molecule has 5 N–H and O–H groups in total. The maximum absolute atomic E-state index is 13.1. The first-order valence-electron chi connectivity index (χ1n) is 9.43. The predicted molar refractivity (Wildman–Crippen MR) is 110 cm³/mol. The van der Waals surface area contributed by atoms with Gasteiger partial charge in [-0.3, -0.25) is 4.79 Å². The number of hydrazine groups is 1. The van der Waals surface area contributed by atoms with Gasteiger partial charge in [-0.15, -0.1) is 0 Å². The summed E-state index contributed by atoms with van der Waals surface area (Å²) in [5, 5.41) is 15.8. The smallest absolute Gasteiger partial charge is 0.280 e. The molecule has 0 radical (unpaired) electrons. The molecule has 154 valence electrons. The normalized spacial score (nSPS) is 19.8. The second-order valence-electron chi connectivity index (χ2n) is 8.01. The molecule has 1 aliphatic rings. The summed E-state index contributed by atoms with van der Waals surface area (Å²) in [6.07, 6.45) is 0.482. The van der Waals surface area contributed by atoms with Gasteiger partial charge in [-0.05, 0) is 62.7 Å². The molecule has 29 heavy (non-hydrogen) atoms. The average molecular weight is 399 g/mol. The number of halogens is 1. The van der Waals surface area contributed by atoms with Crippen molar-refractivity contribution in [3.8, 4) is 5.75 Å². The minimum atomic E-state index is -0.426. The van der Waals surface area contributed by atoms with Gasteiger partial charge in [-0.1, -0.05) is 12.1 Å². The average Bonchev–Trinajstić information content (AvgIpc) is 3.09. The Labute approximate surface area is 169 Å². The number of rotatable bonds is 3. The Kier molecular flexibility index (Phi) is 6.14. The highest BCUT2D eigenvalue weighted by molar-refractivity contribution is 6.02. The lowest BCUT2D eigenvalue weighted by molar-refractivity contribution is 0.100. The van der Waals surface area contributed by atoms with Crippen LogP contribution in [0.2, 0.25) is 0 Å². The fraction of sp³-hybridized carbons (Fsp3) is 0.333. The maximum atomic E-state index is 13.1. The van der Waals surface area contributed by atoms with Gasteiger partial charge in [0.2, 0.25) is 5.96 Å². The lowest BCUT2D eigenvalue weighted by Gasteiger charge is -2.25. The summed E-state index contributed by atoms with van der Waals surface area (Å²) >= 11 is 0. The van der Waals surface area contributed by atoms with Crippen LogP contribution in [-0.4, -0.2) is 28.7 Å². The van der Waals surface area contributed by atoms with Crippen LogP contribution in [-0.2, 0) is 0 Å².